The van der Waals surface area contributed by atoms with Gasteiger partial charge in [0, 0.05) is 25.2 Å². The van der Waals surface area contributed by atoms with Crippen molar-refractivity contribution >= 4 is 17.3 Å². The maximum atomic E-state index is 13.0. The zero-order valence-electron chi connectivity index (χ0n) is 15.8. The Morgan fingerprint density at radius 1 is 0.963 bits per heavy atom. The average Bonchev–Trinajstić information content (AvgIpc) is 2.73. The molecule has 1 saturated heterocycles. The van der Waals surface area contributed by atoms with Gasteiger partial charge in [-0.2, -0.15) is 0 Å². The fraction of sp³-hybridized carbons (Fsp3) is 0.350. The van der Waals surface area contributed by atoms with Gasteiger partial charge in [-0.15, -0.1) is 0 Å². The number of benzene rings is 2. The van der Waals surface area contributed by atoms with E-state index in [4.69, 9.17) is 18.9 Å². The summed E-state index contributed by atoms with van der Waals surface area (Å²) >= 11 is 0. The molecule has 3 rings (SSSR count). The lowest BCUT2D eigenvalue weighted by Gasteiger charge is -2.30. The molecule has 1 aliphatic rings. The fourth-order valence-electron chi connectivity index (χ4n) is 3.06. The molecule has 1 fully saturated rings. The summed E-state index contributed by atoms with van der Waals surface area (Å²) in [4.78, 5) is 15.2. The van der Waals surface area contributed by atoms with E-state index in [9.17, 15) is 4.79 Å². The number of amides is 1. The molecular weight excluding hydrogens is 348 g/mol. The topological polar surface area (TPSA) is 69.3 Å². The van der Waals surface area contributed by atoms with E-state index in [0.29, 0.717) is 36.0 Å². The fourth-order valence-corrected chi connectivity index (χ4v) is 3.06. The average molecular weight is 372 g/mol. The summed E-state index contributed by atoms with van der Waals surface area (Å²) in [5, 5.41) is 2.99. The highest BCUT2D eigenvalue weighted by atomic mass is 16.5. The molecule has 7 heteroatoms. The highest BCUT2D eigenvalue weighted by molar-refractivity contribution is 6.08. The highest BCUT2D eigenvalue weighted by Crippen LogP contribution is 2.35. The maximum Gasteiger partial charge on any atom is 0.259 e. The number of carbonyl (C=O) groups excluding carboxylic acids is 1. The zero-order valence-corrected chi connectivity index (χ0v) is 15.8. The van der Waals surface area contributed by atoms with Crippen molar-refractivity contribution in [2.24, 2.45) is 0 Å². The van der Waals surface area contributed by atoms with E-state index in [1.54, 1.807) is 12.1 Å². The van der Waals surface area contributed by atoms with E-state index in [-0.39, 0.29) is 5.91 Å². The van der Waals surface area contributed by atoms with Crippen LogP contribution in [0.4, 0.5) is 11.4 Å². The van der Waals surface area contributed by atoms with Crippen molar-refractivity contribution in [3.63, 3.8) is 0 Å². The molecule has 1 N–H and O–H groups in total. The first-order valence-electron chi connectivity index (χ1n) is 8.71. The molecular formula is C20H24N2O5. The van der Waals surface area contributed by atoms with Gasteiger partial charge in [0.2, 0.25) is 0 Å². The first kappa shape index (κ1) is 18.8. The number of anilines is 2. The Balaban J connectivity index is 1.90. The molecule has 7 nitrogen and oxygen atoms in total. The number of methoxy groups -OCH3 is 3. The number of ether oxygens (including phenoxy) is 4. The molecule has 0 bridgehead atoms. The first-order valence-corrected chi connectivity index (χ1v) is 8.71. The second kappa shape index (κ2) is 8.64. The molecule has 0 saturated carbocycles. The van der Waals surface area contributed by atoms with Gasteiger partial charge in [0.15, 0.2) is 11.5 Å². The van der Waals surface area contributed by atoms with Crippen LogP contribution in [0.3, 0.4) is 0 Å². The molecule has 2 aromatic carbocycles. The van der Waals surface area contributed by atoms with Crippen LogP contribution < -0.4 is 24.4 Å². The third-order valence-corrected chi connectivity index (χ3v) is 4.45. The minimum absolute atomic E-state index is 0.284. The van der Waals surface area contributed by atoms with Crippen molar-refractivity contribution in [3.05, 3.63) is 42.0 Å². The summed E-state index contributed by atoms with van der Waals surface area (Å²) in [7, 11) is 4.58. The number of hydrogen-bond donors (Lipinski definition) is 1. The van der Waals surface area contributed by atoms with Gasteiger partial charge < -0.3 is 29.2 Å². The van der Waals surface area contributed by atoms with Crippen LogP contribution in [0.1, 0.15) is 10.4 Å². The summed E-state index contributed by atoms with van der Waals surface area (Å²) < 4.78 is 21.4. The number of nitrogens with zero attached hydrogens (tertiary/aromatic N) is 1. The maximum absolute atomic E-state index is 13.0. The van der Waals surface area contributed by atoms with E-state index in [1.807, 2.05) is 24.3 Å². The van der Waals surface area contributed by atoms with Crippen LogP contribution in [-0.2, 0) is 4.74 Å². The number of para-hydroxylation sites is 2. The van der Waals surface area contributed by atoms with Gasteiger partial charge in [-0.25, -0.2) is 0 Å². The van der Waals surface area contributed by atoms with Crippen molar-refractivity contribution in [1.82, 2.24) is 0 Å². The minimum atomic E-state index is -0.284. The molecule has 1 amide bonds. The van der Waals surface area contributed by atoms with Gasteiger partial charge >= 0.3 is 0 Å². The Kier molecular flexibility index (Phi) is 6.03. The lowest BCUT2D eigenvalue weighted by molar-refractivity contribution is 0.102. The lowest BCUT2D eigenvalue weighted by atomic mass is 10.1. The van der Waals surface area contributed by atoms with Gasteiger partial charge in [-0.3, -0.25) is 4.79 Å². The summed E-state index contributed by atoms with van der Waals surface area (Å²) in [6.45, 7) is 2.91. The lowest BCUT2D eigenvalue weighted by Crippen LogP contribution is -2.36. The van der Waals surface area contributed by atoms with Crippen molar-refractivity contribution < 1.29 is 23.7 Å². The van der Waals surface area contributed by atoms with Crippen LogP contribution in [0.2, 0.25) is 0 Å². The minimum Gasteiger partial charge on any atom is -0.496 e. The van der Waals surface area contributed by atoms with Crippen molar-refractivity contribution in [2.75, 3.05) is 57.8 Å². The van der Waals surface area contributed by atoms with Crippen molar-refractivity contribution in [2.45, 2.75) is 0 Å². The quantitative estimate of drug-likeness (QED) is 0.841. The molecule has 2 aromatic rings. The molecule has 0 atom stereocenters. The second-order valence-electron chi connectivity index (χ2n) is 5.98. The molecule has 0 unspecified atom stereocenters. The third-order valence-electron chi connectivity index (χ3n) is 4.45. The standard InChI is InChI=1S/C20H24N2O5/c1-24-17-13-19(26-3)18(25-2)12-14(17)20(23)21-15-6-4-5-7-16(15)22-8-10-27-11-9-22/h4-7,12-13H,8-11H2,1-3H3,(H,21,23). The Bertz CT molecular complexity index is 803. The van der Waals surface area contributed by atoms with Gasteiger partial charge in [0.05, 0.1) is 51.5 Å². The van der Waals surface area contributed by atoms with Gasteiger partial charge in [-0.1, -0.05) is 12.1 Å². The van der Waals surface area contributed by atoms with Crippen LogP contribution in [0.5, 0.6) is 17.2 Å². The van der Waals surface area contributed by atoms with Crippen LogP contribution in [0.25, 0.3) is 0 Å². The highest BCUT2D eigenvalue weighted by Gasteiger charge is 2.20. The first-order chi connectivity index (χ1) is 13.2. The van der Waals surface area contributed by atoms with E-state index in [0.717, 1.165) is 24.5 Å². The number of hydrogen-bond acceptors (Lipinski definition) is 6. The van der Waals surface area contributed by atoms with Gasteiger partial charge in [0.25, 0.3) is 5.91 Å². The predicted octanol–water partition coefficient (Wildman–Crippen LogP) is 2.80. The van der Waals surface area contributed by atoms with Gasteiger partial charge in [-0.05, 0) is 12.1 Å². The van der Waals surface area contributed by atoms with Crippen molar-refractivity contribution in [3.8, 4) is 17.2 Å². The number of rotatable bonds is 6. The smallest absolute Gasteiger partial charge is 0.259 e. The van der Waals surface area contributed by atoms with Crippen LogP contribution in [-0.4, -0.2) is 53.5 Å². The van der Waals surface area contributed by atoms with Crippen LogP contribution in [0.15, 0.2) is 36.4 Å². The summed E-state index contributed by atoms with van der Waals surface area (Å²) in [6, 6.07) is 11.0. The molecule has 0 radical (unpaired) electrons. The molecule has 27 heavy (non-hydrogen) atoms. The number of carbonyl (C=O) groups is 1. The molecule has 144 valence electrons. The zero-order chi connectivity index (χ0) is 19.2. The monoisotopic (exact) mass is 372 g/mol. The predicted molar refractivity (Wildman–Crippen MR) is 104 cm³/mol. The Hall–Kier alpha value is -2.93. The molecule has 0 aromatic heterocycles. The number of nitrogens with one attached hydrogen (secondary N) is 1. The summed E-state index contributed by atoms with van der Waals surface area (Å²) in [5.41, 5.74) is 2.07. The van der Waals surface area contributed by atoms with Gasteiger partial charge in [0.1, 0.15) is 5.75 Å². The van der Waals surface area contributed by atoms with Crippen LogP contribution >= 0.6 is 0 Å². The van der Waals surface area contributed by atoms with Crippen molar-refractivity contribution in [1.29, 1.82) is 0 Å². The summed E-state index contributed by atoms with van der Waals surface area (Å²) in [6.07, 6.45) is 0. The van der Waals surface area contributed by atoms with E-state index in [2.05, 4.69) is 10.2 Å². The Morgan fingerprint density at radius 2 is 1.59 bits per heavy atom. The molecule has 1 heterocycles. The van der Waals surface area contributed by atoms with E-state index in [1.165, 1.54) is 21.3 Å². The third kappa shape index (κ3) is 4.09. The Labute approximate surface area is 158 Å². The SMILES string of the molecule is COc1cc(OC)c(C(=O)Nc2ccccc2N2CCOCC2)cc1OC. The Morgan fingerprint density at radius 3 is 2.26 bits per heavy atom. The number of morpholine rings is 1. The summed E-state index contributed by atoms with van der Waals surface area (Å²) in [5.74, 6) is 1.09. The molecule has 0 aliphatic carbocycles. The molecule has 1 aliphatic heterocycles. The van der Waals surface area contributed by atoms with E-state index >= 15 is 0 Å². The largest absolute Gasteiger partial charge is 0.496 e. The van der Waals surface area contributed by atoms with E-state index < -0.39 is 0 Å². The second-order valence-corrected chi connectivity index (χ2v) is 5.98. The normalized spacial score (nSPS) is 13.8. The van der Waals surface area contributed by atoms with Crippen LogP contribution in [0, 0.1) is 0 Å². The molecule has 0 spiro atoms.